The Morgan fingerprint density at radius 3 is 2.67 bits per heavy atom. The van der Waals surface area contributed by atoms with Crippen LogP contribution in [0, 0.1) is 5.82 Å². The molecule has 9 heteroatoms. The van der Waals surface area contributed by atoms with Crippen LogP contribution in [-0.4, -0.2) is 60.2 Å². The van der Waals surface area contributed by atoms with Crippen molar-refractivity contribution < 1.29 is 23.4 Å². The first-order valence-corrected chi connectivity index (χ1v) is 11.5. The molecular formula is C24H29BrFN3O4. The fourth-order valence-corrected chi connectivity index (χ4v) is 3.49. The molecule has 1 aromatic heterocycles. The van der Waals surface area contributed by atoms with Crippen molar-refractivity contribution in [2.24, 2.45) is 0 Å². The molecule has 3 rings (SSSR count). The van der Waals surface area contributed by atoms with Gasteiger partial charge in [0.05, 0.1) is 12.1 Å². The predicted molar refractivity (Wildman–Crippen MR) is 129 cm³/mol. The van der Waals surface area contributed by atoms with Gasteiger partial charge in [0.1, 0.15) is 29.5 Å². The summed E-state index contributed by atoms with van der Waals surface area (Å²) in [5.74, 6) is 0.0158. The summed E-state index contributed by atoms with van der Waals surface area (Å²) >= 11 is 3.42. The Morgan fingerprint density at radius 1 is 1.15 bits per heavy atom. The number of nitrogens with zero attached hydrogens (tertiary/aromatic N) is 2. The summed E-state index contributed by atoms with van der Waals surface area (Å²) in [5, 5.41) is 8.03. The largest absolute Gasteiger partial charge is 0.491 e. The van der Waals surface area contributed by atoms with Crippen LogP contribution >= 0.6 is 15.9 Å². The molecule has 0 radical (unpaired) electrons. The van der Waals surface area contributed by atoms with Crippen molar-refractivity contribution in [3.63, 3.8) is 0 Å². The van der Waals surface area contributed by atoms with Crippen LogP contribution in [0.15, 0.2) is 40.9 Å². The SMILES string of the molecule is CN(CCCOCCOc1ccc(-c2n[nH]c3cc(Br)ccc23)c(F)c1)C(=O)OC(C)(C)C. The number of hydrogen-bond acceptors (Lipinski definition) is 5. The molecule has 0 aliphatic rings. The molecule has 1 heterocycles. The van der Waals surface area contributed by atoms with Gasteiger partial charge >= 0.3 is 6.09 Å². The molecule has 178 valence electrons. The first kappa shape index (κ1) is 25.0. The molecule has 1 amide bonds. The normalized spacial score (nSPS) is 11.6. The van der Waals surface area contributed by atoms with Gasteiger partial charge in [-0.05, 0) is 57.5 Å². The van der Waals surface area contributed by atoms with Crippen LogP contribution in [0.3, 0.4) is 0 Å². The number of hydrogen-bond donors (Lipinski definition) is 1. The molecule has 0 aliphatic heterocycles. The highest BCUT2D eigenvalue weighted by molar-refractivity contribution is 9.10. The molecule has 0 aliphatic carbocycles. The predicted octanol–water partition coefficient (Wildman–Crippen LogP) is 5.78. The van der Waals surface area contributed by atoms with Gasteiger partial charge in [0, 0.05) is 41.7 Å². The van der Waals surface area contributed by atoms with Gasteiger partial charge in [0.25, 0.3) is 0 Å². The van der Waals surface area contributed by atoms with Crippen LogP contribution in [0.1, 0.15) is 27.2 Å². The summed E-state index contributed by atoms with van der Waals surface area (Å²) in [6, 6.07) is 10.4. The number of aromatic amines is 1. The van der Waals surface area contributed by atoms with Crippen molar-refractivity contribution in [2.75, 3.05) is 33.4 Å². The van der Waals surface area contributed by atoms with Crippen LogP contribution in [0.4, 0.5) is 9.18 Å². The Labute approximate surface area is 201 Å². The maximum absolute atomic E-state index is 14.7. The third kappa shape index (κ3) is 7.17. The second-order valence-corrected chi connectivity index (χ2v) is 9.54. The van der Waals surface area contributed by atoms with E-state index in [4.69, 9.17) is 14.2 Å². The maximum Gasteiger partial charge on any atom is 0.410 e. The lowest BCUT2D eigenvalue weighted by molar-refractivity contribution is 0.0274. The van der Waals surface area contributed by atoms with Crippen LogP contribution in [0.25, 0.3) is 22.2 Å². The van der Waals surface area contributed by atoms with E-state index in [0.29, 0.717) is 49.8 Å². The quantitative estimate of drug-likeness (QED) is 0.361. The number of aromatic nitrogens is 2. The highest BCUT2D eigenvalue weighted by Gasteiger charge is 2.19. The van der Waals surface area contributed by atoms with E-state index in [1.54, 1.807) is 19.2 Å². The minimum atomic E-state index is -0.514. The molecule has 33 heavy (non-hydrogen) atoms. The highest BCUT2D eigenvalue weighted by atomic mass is 79.9. The topological polar surface area (TPSA) is 76.7 Å². The Bertz CT molecular complexity index is 1100. The van der Waals surface area contributed by atoms with Gasteiger partial charge in [-0.3, -0.25) is 5.10 Å². The Kier molecular flexibility index (Phi) is 8.31. The number of rotatable bonds is 9. The lowest BCUT2D eigenvalue weighted by atomic mass is 10.1. The van der Waals surface area contributed by atoms with Crippen molar-refractivity contribution in [3.8, 4) is 17.0 Å². The first-order valence-electron chi connectivity index (χ1n) is 10.7. The van der Waals surface area contributed by atoms with E-state index in [2.05, 4.69) is 26.1 Å². The average molecular weight is 522 g/mol. The monoisotopic (exact) mass is 521 g/mol. The van der Waals surface area contributed by atoms with E-state index in [1.165, 1.54) is 11.0 Å². The Hall–Kier alpha value is -2.65. The fourth-order valence-electron chi connectivity index (χ4n) is 3.13. The average Bonchev–Trinajstić information content (AvgIpc) is 3.14. The van der Waals surface area contributed by atoms with Crippen molar-refractivity contribution >= 4 is 32.9 Å². The molecule has 7 nitrogen and oxygen atoms in total. The third-order valence-corrected chi connectivity index (χ3v) is 5.20. The van der Waals surface area contributed by atoms with E-state index in [-0.39, 0.29) is 6.09 Å². The number of H-pyrrole nitrogens is 1. The first-order chi connectivity index (χ1) is 15.6. The zero-order valence-corrected chi connectivity index (χ0v) is 20.9. The summed E-state index contributed by atoms with van der Waals surface area (Å²) in [6.45, 7) is 7.16. The van der Waals surface area contributed by atoms with Crippen molar-refractivity contribution in [2.45, 2.75) is 32.8 Å². The van der Waals surface area contributed by atoms with E-state index < -0.39 is 11.4 Å². The zero-order valence-electron chi connectivity index (χ0n) is 19.3. The number of benzene rings is 2. The molecule has 0 bridgehead atoms. The standard InChI is InChI=1S/C24H29BrFN3O4/c1-24(2,3)33-23(30)29(4)10-5-11-31-12-13-32-17-7-9-18(20(26)15-17)22-19-8-6-16(25)14-21(19)27-28-22/h6-9,14-15H,5,10-13H2,1-4H3,(H,27,28). The fraction of sp³-hybridized carbons (Fsp3) is 0.417. The molecule has 3 aromatic rings. The molecule has 0 spiro atoms. The molecule has 0 atom stereocenters. The van der Waals surface area contributed by atoms with E-state index in [9.17, 15) is 9.18 Å². The molecule has 0 saturated carbocycles. The Morgan fingerprint density at radius 2 is 1.94 bits per heavy atom. The van der Waals surface area contributed by atoms with Gasteiger partial charge in [-0.25, -0.2) is 9.18 Å². The number of fused-ring (bicyclic) bond motifs is 1. The van der Waals surface area contributed by atoms with Crippen LogP contribution in [0.2, 0.25) is 0 Å². The van der Waals surface area contributed by atoms with Crippen LogP contribution in [-0.2, 0) is 9.47 Å². The summed E-state index contributed by atoms with van der Waals surface area (Å²) in [5.41, 5.74) is 1.27. The molecular weight excluding hydrogens is 493 g/mol. The number of carbonyl (C=O) groups excluding carboxylic acids is 1. The van der Waals surface area contributed by atoms with Crippen molar-refractivity contribution in [1.82, 2.24) is 15.1 Å². The minimum Gasteiger partial charge on any atom is -0.491 e. The summed E-state index contributed by atoms with van der Waals surface area (Å²) < 4.78 is 32.1. The maximum atomic E-state index is 14.7. The summed E-state index contributed by atoms with van der Waals surface area (Å²) in [7, 11) is 1.69. The summed E-state index contributed by atoms with van der Waals surface area (Å²) in [6.07, 6.45) is 0.319. The number of halogens is 2. The van der Waals surface area contributed by atoms with Crippen molar-refractivity contribution in [1.29, 1.82) is 0 Å². The van der Waals surface area contributed by atoms with E-state index >= 15 is 0 Å². The number of ether oxygens (including phenoxy) is 3. The van der Waals surface area contributed by atoms with Gasteiger partial charge in [-0.15, -0.1) is 0 Å². The number of carbonyl (C=O) groups is 1. The van der Waals surface area contributed by atoms with E-state index in [0.717, 1.165) is 15.4 Å². The number of amides is 1. The van der Waals surface area contributed by atoms with Gasteiger partial charge in [-0.2, -0.15) is 5.10 Å². The molecule has 1 N–H and O–H groups in total. The smallest absolute Gasteiger partial charge is 0.410 e. The zero-order chi connectivity index (χ0) is 24.0. The minimum absolute atomic E-state index is 0.292. The second-order valence-electron chi connectivity index (χ2n) is 8.62. The van der Waals surface area contributed by atoms with Gasteiger partial charge in [0.15, 0.2) is 0 Å². The van der Waals surface area contributed by atoms with Crippen LogP contribution < -0.4 is 4.74 Å². The highest BCUT2D eigenvalue weighted by Crippen LogP contribution is 2.31. The lowest BCUT2D eigenvalue weighted by Gasteiger charge is -2.24. The van der Waals surface area contributed by atoms with Crippen molar-refractivity contribution in [3.05, 3.63) is 46.7 Å². The third-order valence-electron chi connectivity index (χ3n) is 4.70. The second kappa shape index (κ2) is 11.0. The van der Waals surface area contributed by atoms with Gasteiger partial charge in [-0.1, -0.05) is 15.9 Å². The van der Waals surface area contributed by atoms with Crippen LogP contribution in [0.5, 0.6) is 5.75 Å². The number of nitrogens with one attached hydrogen (secondary N) is 1. The lowest BCUT2D eigenvalue weighted by Crippen LogP contribution is -2.35. The molecule has 0 saturated heterocycles. The van der Waals surface area contributed by atoms with Gasteiger partial charge in [0.2, 0.25) is 0 Å². The summed E-state index contributed by atoms with van der Waals surface area (Å²) in [4.78, 5) is 13.4. The molecule has 2 aromatic carbocycles. The molecule has 0 fully saturated rings. The molecule has 0 unspecified atom stereocenters. The Balaban J connectivity index is 1.41. The van der Waals surface area contributed by atoms with E-state index in [1.807, 2.05) is 39.0 Å². The van der Waals surface area contributed by atoms with Gasteiger partial charge < -0.3 is 19.1 Å².